The van der Waals surface area contributed by atoms with Crippen LogP contribution in [0.4, 0.5) is 0 Å². The van der Waals surface area contributed by atoms with Gasteiger partial charge in [-0.25, -0.2) is 10.4 Å². The molecule has 0 saturated heterocycles. The molecule has 2 aromatic carbocycles. The maximum Gasteiger partial charge on any atom is 0.307 e. The number of carbonyl (C=O) groups is 1. The van der Waals surface area contributed by atoms with Crippen molar-refractivity contribution >= 4 is 23.0 Å². The van der Waals surface area contributed by atoms with Crippen LogP contribution in [0.15, 0.2) is 52.4 Å². The number of hydrazone groups is 1. The molecule has 0 aliphatic carbocycles. The van der Waals surface area contributed by atoms with Gasteiger partial charge in [0.05, 0.1) is 31.3 Å². The molecular weight excluding hydrogens is 336 g/mol. The van der Waals surface area contributed by atoms with Crippen molar-refractivity contribution in [1.29, 1.82) is 0 Å². The van der Waals surface area contributed by atoms with E-state index in [1.165, 1.54) is 20.4 Å². The van der Waals surface area contributed by atoms with Gasteiger partial charge in [0.2, 0.25) is 5.82 Å². The predicted molar refractivity (Wildman–Crippen MR) is 97.0 cm³/mol. The molecule has 3 rings (SSSR count). The second kappa shape index (κ2) is 7.47. The molecule has 1 heterocycles. The van der Waals surface area contributed by atoms with E-state index < -0.39 is 5.91 Å². The Bertz CT molecular complexity index is 1040. The maximum absolute atomic E-state index is 12.2. The zero-order chi connectivity index (χ0) is 18.5. The van der Waals surface area contributed by atoms with Crippen molar-refractivity contribution in [1.82, 2.24) is 15.4 Å². The van der Waals surface area contributed by atoms with Crippen molar-refractivity contribution in [3.05, 3.63) is 64.2 Å². The number of aromatic nitrogens is 2. The number of ether oxygens (including phenoxy) is 2. The average Bonchev–Trinajstić information content (AvgIpc) is 2.67. The Morgan fingerprint density at radius 2 is 1.96 bits per heavy atom. The Hall–Kier alpha value is -3.68. The van der Waals surface area contributed by atoms with Gasteiger partial charge in [-0.1, -0.05) is 18.2 Å². The smallest absolute Gasteiger partial charge is 0.307 e. The van der Waals surface area contributed by atoms with E-state index in [0.29, 0.717) is 28.0 Å². The third-order valence-corrected chi connectivity index (χ3v) is 3.63. The molecule has 0 aliphatic rings. The number of benzene rings is 2. The fourth-order valence-corrected chi connectivity index (χ4v) is 2.42. The van der Waals surface area contributed by atoms with Crippen LogP contribution in [0.2, 0.25) is 0 Å². The second-order valence-corrected chi connectivity index (χ2v) is 5.21. The van der Waals surface area contributed by atoms with Crippen molar-refractivity contribution in [3.63, 3.8) is 0 Å². The molecule has 132 valence electrons. The first-order valence-electron chi connectivity index (χ1n) is 7.67. The summed E-state index contributed by atoms with van der Waals surface area (Å²) < 4.78 is 10.5. The summed E-state index contributed by atoms with van der Waals surface area (Å²) in [7, 11) is 3.04. The first kappa shape index (κ1) is 17.2. The van der Waals surface area contributed by atoms with Crippen LogP contribution in [-0.2, 0) is 0 Å². The summed E-state index contributed by atoms with van der Waals surface area (Å²) in [6, 6.07) is 12.0. The molecule has 8 heteroatoms. The molecule has 0 unspecified atom stereocenters. The molecule has 1 amide bonds. The highest BCUT2D eigenvalue weighted by Gasteiger charge is 2.11. The number of carbonyl (C=O) groups excluding carboxylic acids is 1. The summed E-state index contributed by atoms with van der Waals surface area (Å²) in [4.78, 5) is 30.8. The van der Waals surface area contributed by atoms with Crippen LogP contribution in [0.5, 0.6) is 11.5 Å². The van der Waals surface area contributed by atoms with Gasteiger partial charge in [-0.15, -0.1) is 0 Å². The number of nitrogens with zero attached hydrogens (tertiary/aromatic N) is 2. The quantitative estimate of drug-likeness (QED) is 0.537. The third-order valence-electron chi connectivity index (χ3n) is 3.63. The molecule has 0 radical (unpaired) electrons. The molecule has 1 aromatic heterocycles. The van der Waals surface area contributed by atoms with Crippen molar-refractivity contribution in [3.8, 4) is 11.5 Å². The van der Waals surface area contributed by atoms with E-state index in [0.717, 1.165) is 0 Å². The second-order valence-electron chi connectivity index (χ2n) is 5.21. The largest absolute Gasteiger partial charge is 0.493 e. The molecule has 0 fully saturated rings. The number of amides is 1. The van der Waals surface area contributed by atoms with Gasteiger partial charge >= 0.3 is 5.91 Å². The molecule has 0 bridgehead atoms. The van der Waals surface area contributed by atoms with Gasteiger partial charge in [-0.05, 0) is 24.3 Å². The van der Waals surface area contributed by atoms with E-state index in [9.17, 15) is 9.59 Å². The Kier molecular flexibility index (Phi) is 4.93. The normalized spacial score (nSPS) is 10.8. The molecule has 26 heavy (non-hydrogen) atoms. The Balaban J connectivity index is 1.81. The van der Waals surface area contributed by atoms with E-state index in [1.807, 2.05) is 0 Å². The summed E-state index contributed by atoms with van der Waals surface area (Å²) >= 11 is 0. The Labute approximate surface area is 148 Å². The van der Waals surface area contributed by atoms with Gasteiger partial charge in [0.15, 0.2) is 11.5 Å². The number of hydrogen-bond acceptors (Lipinski definition) is 6. The van der Waals surface area contributed by atoms with Crippen LogP contribution < -0.4 is 20.5 Å². The van der Waals surface area contributed by atoms with Gasteiger partial charge < -0.3 is 14.5 Å². The fraction of sp³-hybridized carbons (Fsp3) is 0.111. The molecule has 8 nitrogen and oxygen atoms in total. The third kappa shape index (κ3) is 3.39. The lowest BCUT2D eigenvalue weighted by atomic mass is 10.2. The van der Waals surface area contributed by atoms with Crippen LogP contribution in [0.3, 0.4) is 0 Å². The number of para-hydroxylation sites is 2. The summed E-state index contributed by atoms with van der Waals surface area (Å²) in [6.45, 7) is 0. The van der Waals surface area contributed by atoms with Gasteiger partial charge in [0, 0.05) is 5.56 Å². The number of methoxy groups -OCH3 is 2. The molecule has 0 atom stereocenters. The SMILES string of the molecule is COc1cccc(/C=N\NC(=O)c2nc3ccccc3c(=O)[nH]2)c1OC. The number of H-pyrrole nitrogens is 1. The number of aromatic amines is 1. The van der Waals surface area contributed by atoms with Crippen molar-refractivity contribution in [2.45, 2.75) is 0 Å². The summed E-state index contributed by atoms with van der Waals surface area (Å²) in [5.74, 6) is 0.281. The van der Waals surface area contributed by atoms with E-state index in [4.69, 9.17) is 9.47 Å². The van der Waals surface area contributed by atoms with Gasteiger partial charge in [0.1, 0.15) is 0 Å². The van der Waals surface area contributed by atoms with Crippen LogP contribution in [-0.4, -0.2) is 36.3 Å². The summed E-state index contributed by atoms with van der Waals surface area (Å²) in [5, 5.41) is 4.30. The highest BCUT2D eigenvalue weighted by atomic mass is 16.5. The first-order valence-corrected chi connectivity index (χ1v) is 7.67. The minimum absolute atomic E-state index is 0.122. The fourth-order valence-electron chi connectivity index (χ4n) is 2.42. The van der Waals surface area contributed by atoms with E-state index >= 15 is 0 Å². The number of rotatable bonds is 5. The van der Waals surface area contributed by atoms with Crippen LogP contribution in [0.25, 0.3) is 10.9 Å². The number of fused-ring (bicyclic) bond motifs is 1. The molecule has 0 aliphatic heterocycles. The first-order chi connectivity index (χ1) is 12.6. The van der Waals surface area contributed by atoms with Crippen molar-refractivity contribution in [2.75, 3.05) is 14.2 Å². The lowest BCUT2D eigenvalue weighted by molar-refractivity contribution is 0.0945. The van der Waals surface area contributed by atoms with Crippen molar-refractivity contribution in [2.24, 2.45) is 5.10 Å². The zero-order valence-electron chi connectivity index (χ0n) is 14.1. The van der Waals surface area contributed by atoms with E-state index in [2.05, 4.69) is 20.5 Å². The van der Waals surface area contributed by atoms with Crippen molar-refractivity contribution < 1.29 is 14.3 Å². The highest BCUT2D eigenvalue weighted by Crippen LogP contribution is 2.29. The summed E-state index contributed by atoms with van der Waals surface area (Å²) in [6.07, 6.45) is 1.42. The molecule has 2 N–H and O–H groups in total. The van der Waals surface area contributed by atoms with Crippen LogP contribution in [0, 0.1) is 0 Å². The Morgan fingerprint density at radius 3 is 2.73 bits per heavy atom. The van der Waals surface area contributed by atoms with Gasteiger partial charge in [-0.3, -0.25) is 9.59 Å². The minimum Gasteiger partial charge on any atom is -0.493 e. The lowest BCUT2D eigenvalue weighted by Gasteiger charge is -2.09. The summed E-state index contributed by atoms with van der Waals surface area (Å²) in [5.41, 5.74) is 2.99. The van der Waals surface area contributed by atoms with Crippen LogP contribution in [0.1, 0.15) is 16.2 Å². The number of hydrogen-bond donors (Lipinski definition) is 2. The number of nitrogens with one attached hydrogen (secondary N) is 2. The zero-order valence-corrected chi connectivity index (χ0v) is 14.1. The molecular formula is C18H16N4O4. The monoisotopic (exact) mass is 352 g/mol. The van der Waals surface area contributed by atoms with E-state index in [1.54, 1.807) is 42.5 Å². The van der Waals surface area contributed by atoms with Crippen LogP contribution >= 0.6 is 0 Å². The molecule has 0 saturated carbocycles. The topological polar surface area (TPSA) is 106 Å². The Morgan fingerprint density at radius 1 is 1.15 bits per heavy atom. The standard InChI is InChI=1S/C18H16N4O4/c1-25-14-9-5-6-11(15(14)26-2)10-19-22-18(24)16-20-13-8-4-3-7-12(13)17(23)21-16/h3-10H,1-2H3,(H,22,24)(H,20,21,23)/b19-10-. The predicted octanol–water partition coefficient (Wildman–Crippen LogP) is 1.70. The molecule has 0 spiro atoms. The highest BCUT2D eigenvalue weighted by molar-refractivity contribution is 5.93. The minimum atomic E-state index is -0.633. The average molecular weight is 352 g/mol. The lowest BCUT2D eigenvalue weighted by Crippen LogP contribution is -2.24. The molecule has 3 aromatic rings. The maximum atomic E-state index is 12.2. The van der Waals surface area contributed by atoms with Gasteiger partial charge in [0.25, 0.3) is 5.56 Å². The van der Waals surface area contributed by atoms with Gasteiger partial charge in [-0.2, -0.15) is 5.10 Å². The van der Waals surface area contributed by atoms with E-state index in [-0.39, 0.29) is 11.4 Å².